The number of carboxylic acids is 1. The number of rotatable bonds is 6. The van der Waals surface area contributed by atoms with Crippen LogP contribution in [0.1, 0.15) is 45.4 Å². The van der Waals surface area contributed by atoms with E-state index in [1.54, 1.807) is 22.9 Å². The SMILES string of the molecule is CCCc1c(C(=O)O)nnn1Cc1cccc(C(N)=O)c1. The van der Waals surface area contributed by atoms with Crippen LogP contribution >= 0.6 is 0 Å². The number of carbonyl (C=O) groups excluding carboxylic acids is 1. The Morgan fingerprint density at radius 2 is 2.14 bits per heavy atom. The Hall–Kier alpha value is -2.70. The maximum absolute atomic E-state index is 11.2. The molecule has 21 heavy (non-hydrogen) atoms. The quantitative estimate of drug-likeness (QED) is 0.826. The van der Waals surface area contributed by atoms with Gasteiger partial charge in [-0.25, -0.2) is 9.48 Å². The predicted octanol–water partition coefficient (Wildman–Crippen LogP) is 1.08. The van der Waals surface area contributed by atoms with E-state index in [0.29, 0.717) is 24.2 Å². The van der Waals surface area contributed by atoms with Gasteiger partial charge in [-0.3, -0.25) is 4.79 Å². The van der Waals surface area contributed by atoms with E-state index in [-0.39, 0.29) is 5.69 Å². The summed E-state index contributed by atoms with van der Waals surface area (Å²) >= 11 is 0. The number of aromatic carboxylic acids is 1. The number of carbonyl (C=O) groups is 2. The van der Waals surface area contributed by atoms with Gasteiger partial charge in [0.1, 0.15) is 0 Å². The van der Waals surface area contributed by atoms with Gasteiger partial charge in [0.05, 0.1) is 12.2 Å². The lowest BCUT2D eigenvalue weighted by molar-refractivity contribution is 0.0688. The first-order chi connectivity index (χ1) is 10.0. The van der Waals surface area contributed by atoms with Crippen molar-refractivity contribution in [1.29, 1.82) is 0 Å². The molecule has 0 spiro atoms. The highest BCUT2D eigenvalue weighted by atomic mass is 16.4. The first-order valence-corrected chi connectivity index (χ1v) is 6.57. The van der Waals surface area contributed by atoms with Crippen molar-refractivity contribution in [2.45, 2.75) is 26.3 Å². The van der Waals surface area contributed by atoms with Crippen LogP contribution < -0.4 is 5.73 Å². The van der Waals surface area contributed by atoms with Crippen molar-refractivity contribution in [3.8, 4) is 0 Å². The Labute approximate surface area is 121 Å². The average molecular weight is 288 g/mol. The maximum atomic E-state index is 11.2. The van der Waals surface area contributed by atoms with Crippen molar-refractivity contribution in [2.24, 2.45) is 5.73 Å². The minimum absolute atomic E-state index is 0.0251. The Balaban J connectivity index is 2.33. The fourth-order valence-electron chi connectivity index (χ4n) is 2.11. The molecule has 0 unspecified atom stereocenters. The number of benzene rings is 1. The molecular formula is C14H16N4O3. The molecule has 0 aliphatic carbocycles. The lowest BCUT2D eigenvalue weighted by atomic mass is 10.1. The summed E-state index contributed by atoms with van der Waals surface area (Å²) in [5.74, 6) is -1.59. The normalized spacial score (nSPS) is 10.5. The zero-order valence-corrected chi connectivity index (χ0v) is 11.6. The number of hydrogen-bond donors (Lipinski definition) is 2. The minimum atomic E-state index is -1.09. The molecule has 7 heteroatoms. The van der Waals surface area contributed by atoms with Gasteiger partial charge in [-0.1, -0.05) is 30.7 Å². The van der Waals surface area contributed by atoms with Crippen molar-refractivity contribution >= 4 is 11.9 Å². The van der Waals surface area contributed by atoms with Crippen LogP contribution in [0.4, 0.5) is 0 Å². The summed E-state index contributed by atoms with van der Waals surface area (Å²) < 4.78 is 1.55. The second-order valence-electron chi connectivity index (χ2n) is 4.66. The summed E-state index contributed by atoms with van der Waals surface area (Å²) in [6.07, 6.45) is 1.36. The van der Waals surface area contributed by atoms with Crippen molar-refractivity contribution in [3.63, 3.8) is 0 Å². The molecule has 0 aliphatic rings. The highest BCUT2D eigenvalue weighted by molar-refractivity contribution is 5.92. The van der Waals surface area contributed by atoms with Crippen LogP contribution in [0.5, 0.6) is 0 Å². The van der Waals surface area contributed by atoms with E-state index < -0.39 is 11.9 Å². The fourth-order valence-corrected chi connectivity index (χ4v) is 2.11. The fraction of sp³-hybridized carbons (Fsp3) is 0.286. The molecule has 2 aromatic rings. The highest BCUT2D eigenvalue weighted by Gasteiger charge is 2.18. The van der Waals surface area contributed by atoms with Gasteiger partial charge in [0.25, 0.3) is 0 Å². The molecule has 3 N–H and O–H groups in total. The molecule has 2 rings (SSSR count). The number of carboxylic acid groups (broad SMARTS) is 1. The summed E-state index contributed by atoms with van der Waals surface area (Å²) in [6.45, 7) is 2.30. The monoisotopic (exact) mass is 288 g/mol. The Morgan fingerprint density at radius 3 is 2.76 bits per heavy atom. The molecular weight excluding hydrogens is 272 g/mol. The van der Waals surface area contributed by atoms with Gasteiger partial charge in [0.15, 0.2) is 5.69 Å². The van der Waals surface area contributed by atoms with Crippen LogP contribution in [0.2, 0.25) is 0 Å². The van der Waals surface area contributed by atoms with Crippen LogP contribution in [0.15, 0.2) is 24.3 Å². The Bertz CT molecular complexity index is 679. The zero-order valence-electron chi connectivity index (χ0n) is 11.6. The second-order valence-corrected chi connectivity index (χ2v) is 4.66. The first-order valence-electron chi connectivity index (χ1n) is 6.57. The summed E-state index contributed by atoms with van der Waals surface area (Å²) in [5.41, 5.74) is 7.02. The third-order valence-electron chi connectivity index (χ3n) is 3.07. The van der Waals surface area contributed by atoms with E-state index in [1.165, 1.54) is 0 Å². The van der Waals surface area contributed by atoms with Gasteiger partial charge in [0, 0.05) is 5.56 Å². The van der Waals surface area contributed by atoms with Gasteiger partial charge >= 0.3 is 5.97 Å². The average Bonchev–Trinajstić information content (AvgIpc) is 2.83. The molecule has 0 atom stereocenters. The van der Waals surface area contributed by atoms with Gasteiger partial charge in [-0.15, -0.1) is 5.10 Å². The lowest BCUT2D eigenvalue weighted by Crippen LogP contribution is -2.13. The lowest BCUT2D eigenvalue weighted by Gasteiger charge is -2.07. The summed E-state index contributed by atoms with van der Waals surface area (Å²) in [4.78, 5) is 22.3. The van der Waals surface area contributed by atoms with Gasteiger partial charge < -0.3 is 10.8 Å². The Kier molecular flexibility index (Phi) is 4.32. The van der Waals surface area contributed by atoms with E-state index >= 15 is 0 Å². The molecule has 7 nitrogen and oxygen atoms in total. The molecule has 1 aromatic heterocycles. The molecule has 110 valence electrons. The second kappa shape index (κ2) is 6.17. The number of nitrogens with zero attached hydrogens (tertiary/aromatic N) is 3. The molecule has 0 saturated heterocycles. The largest absolute Gasteiger partial charge is 0.476 e. The van der Waals surface area contributed by atoms with E-state index in [1.807, 2.05) is 13.0 Å². The number of hydrogen-bond acceptors (Lipinski definition) is 4. The third kappa shape index (κ3) is 3.25. The van der Waals surface area contributed by atoms with Gasteiger partial charge in [-0.2, -0.15) is 0 Å². The number of primary amides is 1. The molecule has 0 fully saturated rings. The van der Waals surface area contributed by atoms with E-state index in [2.05, 4.69) is 10.3 Å². The third-order valence-corrected chi connectivity index (χ3v) is 3.07. The van der Waals surface area contributed by atoms with Crippen molar-refractivity contribution < 1.29 is 14.7 Å². The van der Waals surface area contributed by atoms with E-state index in [9.17, 15) is 9.59 Å². The standard InChI is InChI=1S/C14H16N4O3/c1-2-4-11-12(14(20)21)16-17-18(11)8-9-5-3-6-10(7-9)13(15)19/h3,5-7H,2,4,8H2,1H3,(H2,15,19)(H,20,21). The van der Waals surface area contributed by atoms with Crippen LogP contribution in [0.25, 0.3) is 0 Å². The first kappa shape index (κ1) is 14.7. The van der Waals surface area contributed by atoms with E-state index in [4.69, 9.17) is 10.8 Å². The summed E-state index contributed by atoms with van der Waals surface area (Å²) in [6, 6.07) is 6.84. The number of aromatic nitrogens is 3. The van der Waals surface area contributed by atoms with E-state index in [0.717, 1.165) is 12.0 Å². The van der Waals surface area contributed by atoms with Crippen molar-refractivity contribution in [3.05, 3.63) is 46.8 Å². The molecule has 0 aliphatic heterocycles. The van der Waals surface area contributed by atoms with Crippen molar-refractivity contribution in [1.82, 2.24) is 15.0 Å². The summed E-state index contributed by atoms with van der Waals surface area (Å²) in [7, 11) is 0. The van der Waals surface area contributed by atoms with Crippen LogP contribution in [0, 0.1) is 0 Å². The molecule has 0 radical (unpaired) electrons. The van der Waals surface area contributed by atoms with Gasteiger partial charge in [-0.05, 0) is 24.1 Å². The minimum Gasteiger partial charge on any atom is -0.476 e. The highest BCUT2D eigenvalue weighted by Crippen LogP contribution is 2.12. The zero-order chi connectivity index (χ0) is 15.4. The predicted molar refractivity (Wildman–Crippen MR) is 75.0 cm³/mol. The smallest absolute Gasteiger partial charge is 0.358 e. The topological polar surface area (TPSA) is 111 Å². The van der Waals surface area contributed by atoms with Crippen molar-refractivity contribution in [2.75, 3.05) is 0 Å². The van der Waals surface area contributed by atoms with Crippen LogP contribution in [-0.2, 0) is 13.0 Å². The molecule has 0 saturated carbocycles. The number of nitrogens with two attached hydrogens (primary N) is 1. The van der Waals surface area contributed by atoms with Crippen LogP contribution in [-0.4, -0.2) is 32.0 Å². The number of amides is 1. The van der Waals surface area contributed by atoms with Gasteiger partial charge in [0.2, 0.25) is 5.91 Å². The molecule has 1 aromatic carbocycles. The molecule has 0 bridgehead atoms. The molecule has 1 heterocycles. The molecule has 1 amide bonds. The Morgan fingerprint density at radius 1 is 1.38 bits per heavy atom. The maximum Gasteiger partial charge on any atom is 0.358 e. The van der Waals surface area contributed by atoms with Crippen LogP contribution in [0.3, 0.4) is 0 Å². The summed E-state index contributed by atoms with van der Waals surface area (Å²) in [5, 5.41) is 16.7.